The van der Waals surface area contributed by atoms with Gasteiger partial charge in [-0.1, -0.05) is 19.9 Å². The van der Waals surface area contributed by atoms with E-state index in [1.807, 2.05) is 6.07 Å². The Morgan fingerprint density at radius 3 is 2.78 bits per heavy atom. The third-order valence-corrected chi connectivity index (χ3v) is 3.42. The molecule has 2 aromatic rings. The number of fused-ring (bicyclic) bond motifs is 1. The molecule has 1 aromatic heterocycles. The van der Waals surface area contributed by atoms with Crippen LogP contribution in [0.5, 0.6) is 0 Å². The lowest BCUT2D eigenvalue weighted by Crippen LogP contribution is -2.17. The summed E-state index contributed by atoms with van der Waals surface area (Å²) in [5, 5.41) is 0. The Hall–Kier alpha value is -1.35. The van der Waals surface area contributed by atoms with Crippen molar-refractivity contribution >= 4 is 11.1 Å². The first kappa shape index (κ1) is 13.1. The highest BCUT2D eigenvalue weighted by molar-refractivity contribution is 5.73. The minimum absolute atomic E-state index is 0.255. The van der Waals surface area contributed by atoms with Crippen LogP contribution in [-0.4, -0.2) is 11.5 Å². The smallest absolute Gasteiger partial charge is 0.195 e. The molecule has 0 atom stereocenters. The highest BCUT2D eigenvalue weighted by atomic mass is 16.3. The number of aromatic nitrogens is 1. The Morgan fingerprint density at radius 2 is 2.06 bits per heavy atom. The highest BCUT2D eigenvalue weighted by Gasteiger charge is 2.18. The van der Waals surface area contributed by atoms with Crippen molar-refractivity contribution < 1.29 is 4.42 Å². The molecule has 0 fully saturated rings. The molecule has 98 valence electrons. The van der Waals surface area contributed by atoms with Crippen LogP contribution in [0.3, 0.4) is 0 Å². The summed E-state index contributed by atoms with van der Waals surface area (Å²) in [6.07, 6.45) is 2.96. The lowest BCUT2D eigenvalue weighted by molar-refractivity contribution is 0.302. The first-order valence-corrected chi connectivity index (χ1v) is 6.56. The van der Waals surface area contributed by atoms with E-state index in [1.165, 1.54) is 5.56 Å². The van der Waals surface area contributed by atoms with Crippen LogP contribution in [0.4, 0.5) is 0 Å². The summed E-state index contributed by atoms with van der Waals surface area (Å²) in [5.41, 5.74) is 8.93. The number of hydrogen-bond acceptors (Lipinski definition) is 3. The summed E-state index contributed by atoms with van der Waals surface area (Å²) in [5.74, 6) is 0.834. The van der Waals surface area contributed by atoms with Crippen LogP contribution in [0.2, 0.25) is 0 Å². The fraction of sp³-hybridized carbons (Fsp3) is 0.533. The third-order valence-electron chi connectivity index (χ3n) is 3.42. The molecule has 0 radical (unpaired) electrons. The van der Waals surface area contributed by atoms with Crippen molar-refractivity contribution in [1.82, 2.24) is 4.98 Å². The van der Waals surface area contributed by atoms with Gasteiger partial charge in [-0.2, -0.15) is 0 Å². The SMILES string of the molecule is Cc1ccc2oc(CCC(C)(C)CCN)nc2c1. The summed E-state index contributed by atoms with van der Waals surface area (Å²) >= 11 is 0. The van der Waals surface area contributed by atoms with Gasteiger partial charge in [0.25, 0.3) is 0 Å². The van der Waals surface area contributed by atoms with E-state index in [0.29, 0.717) is 0 Å². The van der Waals surface area contributed by atoms with Crippen molar-refractivity contribution in [1.29, 1.82) is 0 Å². The average Bonchev–Trinajstić information content (AvgIpc) is 2.68. The number of nitrogens with two attached hydrogens (primary N) is 1. The largest absolute Gasteiger partial charge is 0.441 e. The number of hydrogen-bond donors (Lipinski definition) is 1. The van der Waals surface area contributed by atoms with Gasteiger partial charge in [-0.15, -0.1) is 0 Å². The number of benzene rings is 1. The molecule has 0 amide bonds. The first-order chi connectivity index (χ1) is 8.50. The summed E-state index contributed by atoms with van der Waals surface area (Å²) in [6.45, 7) is 7.29. The molecule has 0 spiro atoms. The normalized spacial score (nSPS) is 12.2. The van der Waals surface area contributed by atoms with E-state index < -0.39 is 0 Å². The predicted molar refractivity (Wildman–Crippen MR) is 74.5 cm³/mol. The Bertz CT molecular complexity index is 528. The number of rotatable bonds is 5. The minimum atomic E-state index is 0.255. The van der Waals surface area contributed by atoms with Crippen molar-refractivity contribution in [2.45, 2.75) is 40.0 Å². The maximum Gasteiger partial charge on any atom is 0.195 e. The van der Waals surface area contributed by atoms with Crippen molar-refractivity contribution in [3.05, 3.63) is 29.7 Å². The molecular weight excluding hydrogens is 224 g/mol. The molecule has 0 aliphatic rings. The summed E-state index contributed by atoms with van der Waals surface area (Å²) < 4.78 is 5.75. The van der Waals surface area contributed by atoms with Gasteiger partial charge in [0.2, 0.25) is 0 Å². The molecular formula is C15H22N2O. The van der Waals surface area contributed by atoms with Crippen LogP contribution in [0.1, 0.15) is 38.1 Å². The lowest BCUT2D eigenvalue weighted by atomic mass is 9.84. The number of nitrogens with zero attached hydrogens (tertiary/aromatic N) is 1. The molecule has 18 heavy (non-hydrogen) atoms. The molecule has 0 aliphatic heterocycles. The highest BCUT2D eigenvalue weighted by Crippen LogP contribution is 2.27. The van der Waals surface area contributed by atoms with Gasteiger partial charge < -0.3 is 10.2 Å². The zero-order valence-corrected chi connectivity index (χ0v) is 11.5. The van der Waals surface area contributed by atoms with Gasteiger partial charge in [0.15, 0.2) is 11.5 Å². The summed E-state index contributed by atoms with van der Waals surface area (Å²) in [6, 6.07) is 6.11. The van der Waals surface area contributed by atoms with Gasteiger partial charge in [0.1, 0.15) is 5.52 Å². The fourth-order valence-corrected chi connectivity index (χ4v) is 2.15. The van der Waals surface area contributed by atoms with Crippen LogP contribution >= 0.6 is 0 Å². The Morgan fingerprint density at radius 1 is 1.28 bits per heavy atom. The Kier molecular flexibility index (Phi) is 3.71. The topological polar surface area (TPSA) is 52.0 Å². The second kappa shape index (κ2) is 5.11. The van der Waals surface area contributed by atoms with Crippen molar-refractivity contribution in [2.75, 3.05) is 6.54 Å². The molecule has 0 bridgehead atoms. The lowest BCUT2D eigenvalue weighted by Gasteiger charge is -2.22. The Balaban J connectivity index is 2.08. The molecule has 0 saturated heterocycles. The van der Waals surface area contributed by atoms with Crippen molar-refractivity contribution in [3.8, 4) is 0 Å². The first-order valence-electron chi connectivity index (χ1n) is 6.56. The van der Waals surface area contributed by atoms with Crippen LogP contribution in [0, 0.1) is 12.3 Å². The van der Waals surface area contributed by atoms with E-state index in [0.717, 1.165) is 42.8 Å². The third kappa shape index (κ3) is 3.10. The zero-order valence-electron chi connectivity index (χ0n) is 11.5. The van der Waals surface area contributed by atoms with E-state index in [1.54, 1.807) is 0 Å². The van der Waals surface area contributed by atoms with E-state index >= 15 is 0 Å². The van der Waals surface area contributed by atoms with Gasteiger partial charge in [-0.3, -0.25) is 0 Å². The molecule has 0 aliphatic carbocycles. The minimum Gasteiger partial charge on any atom is -0.441 e. The standard InChI is InChI=1S/C15H22N2O/c1-11-4-5-13-12(10-11)17-14(18-13)6-7-15(2,3)8-9-16/h4-5,10H,6-9,16H2,1-3H3. The molecule has 1 aromatic carbocycles. The van der Waals surface area contributed by atoms with Gasteiger partial charge in [-0.05, 0) is 49.4 Å². The average molecular weight is 246 g/mol. The van der Waals surface area contributed by atoms with Gasteiger partial charge in [-0.25, -0.2) is 4.98 Å². The molecule has 3 nitrogen and oxygen atoms in total. The second-order valence-electron chi connectivity index (χ2n) is 5.78. The van der Waals surface area contributed by atoms with Crippen molar-refractivity contribution in [3.63, 3.8) is 0 Å². The molecule has 2 N–H and O–H groups in total. The van der Waals surface area contributed by atoms with Crippen molar-refractivity contribution in [2.24, 2.45) is 11.1 Å². The van der Waals surface area contributed by atoms with Gasteiger partial charge in [0, 0.05) is 6.42 Å². The van der Waals surface area contributed by atoms with Crippen LogP contribution in [0.25, 0.3) is 11.1 Å². The Labute approximate surface area is 108 Å². The van der Waals surface area contributed by atoms with Gasteiger partial charge in [0.05, 0.1) is 0 Å². The van der Waals surface area contributed by atoms with E-state index in [4.69, 9.17) is 10.2 Å². The molecule has 0 unspecified atom stereocenters. The predicted octanol–water partition coefficient (Wildman–Crippen LogP) is 3.44. The maximum atomic E-state index is 5.75. The number of oxazole rings is 1. The molecule has 2 rings (SSSR count). The quantitative estimate of drug-likeness (QED) is 0.879. The van der Waals surface area contributed by atoms with Crippen LogP contribution in [0.15, 0.2) is 22.6 Å². The summed E-state index contributed by atoms with van der Waals surface area (Å²) in [7, 11) is 0. The fourth-order valence-electron chi connectivity index (χ4n) is 2.15. The van der Waals surface area contributed by atoms with Gasteiger partial charge >= 0.3 is 0 Å². The van der Waals surface area contributed by atoms with E-state index in [2.05, 4.69) is 37.9 Å². The second-order valence-corrected chi connectivity index (χ2v) is 5.78. The monoisotopic (exact) mass is 246 g/mol. The summed E-state index contributed by atoms with van der Waals surface area (Å²) in [4.78, 5) is 4.54. The van der Waals surface area contributed by atoms with E-state index in [-0.39, 0.29) is 5.41 Å². The van der Waals surface area contributed by atoms with Crippen LogP contribution < -0.4 is 5.73 Å². The number of aryl methyl sites for hydroxylation is 2. The molecule has 1 heterocycles. The van der Waals surface area contributed by atoms with E-state index in [9.17, 15) is 0 Å². The zero-order chi connectivity index (χ0) is 13.2. The van der Waals surface area contributed by atoms with Crippen LogP contribution in [-0.2, 0) is 6.42 Å². The molecule has 3 heteroatoms. The molecule has 0 saturated carbocycles. The maximum absolute atomic E-state index is 5.75.